The van der Waals surface area contributed by atoms with Gasteiger partial charge in [-0.15, -0.1) is 0 Å². The maximum Gasteiger partial charge on any atom is 0.226 e. The number of ether oxygens (including phenoxy) is 1. The van der Waals surface area contributed by atoms with Crippen LogP contribution >= 0.6 is 0 Å². The second-order valence-electron chi connectivity index (χ2n) is 4.58. The van der Waals surface area contributed by atoms with Crippen LogP contribution in [0.25, 0.3) is 5.57 Å². The number of benzene rings is 2. The Morgan fingerprint density at radius 2 is 1.61 bits per heavy atom. The Morgan fingerprint density at radius 1 is 0.944 bits per heavy atom. The lowest BCUT2D eigenvalue weighted by atomic mass is 9.93. The molecule has 0 aromatic heterocycles. The molecule has 1 aliphatic heterocycles. The molecule has 90 valence electrons. The minimum atomic E-state index is -1.26. The fourth-order valence-electron chi connectivity index (χ4n) is 2.23. The van der Waals surface area contributed by atoms with Gasteiger partial charge in [0, 0.05) is 12.5 Å². The summed E-state index contributed by atoms with van der Waals surface area (Å²) in [6.45, 7) is 1.64. The molecule has 0 amide bonds. The largest absolute Gasteiger partial charge is 0.459 e. The third kappa shape index (κ3) is 1.91. The van der Waals surface area contributed by atoms with Crippen LogP contribution in [-0.4, -0.2) is 10.9 Å². The van der Waals surface area contributed by atoms with E-state index in [1.54, 1.807) is 13.0 Å². The van der Waals surface area contributed by atoms with E-state index < -0.39 is 5.79 Å². The van der Waals surface area contributed by atoms with E-state index in [0.717, 1.165) is 16.7 Å². The number of hydrogen-bond donors (Lipinski definition) is 1. The van der Waals surface area contributed by atoms with Crippen LogP contribution in [0.1, 0.15) is 18.1 Å². The number of fused-ring (bicyclic) bond motifs is 1. The smallest absolute Gasteiger partial charge is 0.226 e. The van der Waals surface area contributed by atoms with Gasteiger partial charge < -0.3 is 9.84 Å². The van der Waals surface area contributed by atoms with Gasteiger partial charge in [0.1, 0.15) is 5.75 Å². The van der Waals surface area contributed by atoms with Crippen LogP contribution in [-0.2, 0) is 0 Å². The molecule has 1 aliphatic rings. The van der Waals surface area contributed by atoms with Crippen molar-refractivity contribution in [3.63, 3.8) is 0 Å². The predicted molar refractivity (Wildman–Crippen MR) is 71.2 cm³/mol. The van der Waals surface area contributed by atoms with Crippen molar-refractivity contribution in [1.29, 1.82) is 0 Å². The lowest BCUT2D eigenvalue weighted by Gasteiger charge is -2.29. The average molecular weight is 238 g/mol. The molecule has 0 saturated carbocycles. The topological polar surface area (TPSA) is 29.5 Å². The second-order valence-corrected chi connectivity index (χ2v) is 4.58. The van der Waals surface area contributed by atoms with Gasteiger partial charge in [-0.05, 0) is 23.3 Å². The first-order valence-electron chi connectivity index (χ1n) is 5.95. The normalized spacial score (nSPS) is 21.8. The van der Waals surface area contributed by atoms with Crippen LogP contribution in [0.4, 0.5) is 0 Å². The van der Waals surface area contributed by atoms with Gasteiger partial charge in [0.15, 0.2) is 0 Å². The zero-order chi connectivity index (χ0) is 12.6. The third-order valence-corrected chi connectivity index (χ3v) is 2.99. The van der Waals surface area contributed by atoms with Gasteiger partial charge in [0.2, 0.25) is 5.79 Å². The van der Waals surface area contributed by atoms with Crippen molar-refractivity contribution in [2.75, 3.05) is 0 Å². The van der Waals surface area contributed by atoms with Crippen molar-refractivity contribution in [1.82, 2.24) is 0 Å². The Hall–Kier alpha value is -2.06. The van der Waals surface area contributed by atoms with Crippen LogP contribution < -0.4 is 4.74 Å². The Labute approximate surface area is 106 Å². The summed E-state index contributed by atoms with van der Waals surface area (Å²) in [5, 5.41) is 10.2. The monoisotopic (exact) mass is 238 g/mol. The second kappa shape index (κ2) is 4.00. The van der Waals surface area contributed by atoms with Crippen molar-refractivity contribution in [3.8, 4) is 5.75 Å². The van der Waals surface area contributed by atoms with Crippen molar-refractivity contribution in [2.45, 2.75) is 12.7 Å². The first-order chi connectivity index (χ1) is 8.66. The zero-order valence-electron chi connectivity index (χ0n) is 10.1. The summed E-state index contributed by atoms with van der Waals surface area (Å²) in [7, 11) is 0. The Kier molecular flexibility index (Phi) is 2.46. The quantitative estimate of drug-likeness (QED) is 0.826. The number of aliphatic hydroxyl groups is 1. The van der Waals surface area contributed by atoms with E-state index >= 15 is 0 Å². The summed E-state index contributed by atoms with van der Waals surface area (Å²) in [4.78, 5) is 0. The van der Waals surface area contributed by atoms with Crippen LogP contribution in [0.3, 0.4) is 0 Å². The molecule has 2 aromatic rings. The number of para-hydroxylation sites is 1. The Balaban J connectivity index is 2.20. The predicted octanol–water partition coefficient (Wildman–Crippen LogP) is 3.22. The molecular formula is C16H14O2. The molecule has 0 fully saturated rings. The molecule has 0 saturated heterocycles. The molecule has 1 unspecified atom stereocenters. The maximum absolute atomic E-state index is 10.2. The van der Waals surface area contributed by atoms with Gasteiger partial charge in [-0.1, -0.05) is 48.5 Å². The van der Waals surface area contributed by atoms with Gasteiger partial charge in [0.05, 0.1) is 0 Å². The van der Waals surface area contributed by atoms with Gasteiger partial charge in [-0.3, -0.25) is 0 Å². The number of rotatable bonds is 1. The molecule has 2 aromatic carbocycles. The molecule has 2 nitrogen and oxygen atoms in total. The molecule has 1 heterocycles. The highest BCUT2D eigenvalue weighted by atomic mass is 16.6. The van der Waals surface area contributed by atoms with Gasteiger partial charge >= 0.3 is 0 Å². The van der Waals surface area contributed by atoms with Crippen LogP contribution in [0.2, 0.25) is 0 Å². The molecule has 0 radical (unpaired) electrons. The Bertz CT molecular complexity index is 598. The highest BCUT2D eigenvalue weighted by Gasteiger charge is 2.28. The van der Waals surface area contributed by atoms with E-state index in [2.05, 4.69) is 0 Å². The fourth-order valence-corrected chi connectivity index (χ4v) is 2.23. The van der Waals surface area contributed by atoms with Gasteiger partial charge in [-0.2, -0.15) is 0 Å². The summed E-state index contributed by atoms with van der Waals surface area (Å²) >= 11 is 0. The minimum Gasteiger partial charge on any atom is -0.459 e. The summed E-state index contributed by atoms with van der Waals surface area (Å²) in [5.74, 6) is -0.552. The molecule has 3 rings (SSSR count). The molecular weight excluding hydrogens is 224 g/mol. The van der Waals surface area contributed by atoms with Crippen molar-refractivity contribution >= 4 is 5.57 Å². The molecule has 18 heavy (non-hydrogen) atoms. The van der Waals surface area contributed by atoms with Crippen molar-refractivity contribution < 1.29 is 9.84 Å². The Morgan fingerprint density at radius 3 is 2.39 bits per heavy atom. The summed E-state index contributed by atoms with van der Waals surface area (Å²) in [6.07, 6.45) is 1.75. The first-order valence-corrected chi connectivity index (χ1v) is 5.95. The first kappa shape index (κ1) is 11.1. The maximum atomic E-state index is 10.2. The lowest BCUT2D eigenvalue weighted by molar-refractivity contribution is -0.0793. The van der Waals surface area contributed by atoms with Gasteiger partial charge in [0.25, 0.3) is 0 Å². The molecule has 1 atom stereocenters. The number of hydrogen-bond acceptors (Lipinski definition) is 2. The average Bonchev–Trinajstić information content (AvgIpc) is 2.38. The van der Waals surface area contributed by atoms with Crippen molar-refractivity contribution in [2.24, 2.45) is 0 Å². The summed E-state index contributed by atoms with van der Waals surface area (Å²) in [5.41, 5.74) is 3.09. The van der Waals surface area contributed by atoms with E-state index in [-0.39, 0.29) is 0 Å². The molecule has 0 bridgehead atoms. The molecule has 0 spiro atoms. The standard InChI is InChI=1S/C16H14O2/c1-16(17)11-14(12-7-3-2-4-8-12)13-9-5-6-10-15(13)18-16/h2-11,17H,1H3. The third-order valence-electron chi connectivity index (χ3n) is 2.99. The molecule has 1 N–H and O–H groups in total. The zero-order valence-corrected chi connectivity index (χ0v) is 10.1. The van der Waals surface area contributed by atoms with E-state index in [9.17, 15) is 5.11 Å². The highest BCUT2D eigenvalue weighted by Crippen LogP contribution is 2.38. The van der Waals surface area contributed by atoms with Crippen LogP contribution in [0.15, 0.2) is 60.7 Å². The fraction of sp³-hybridized carbons (Fsp3) is 0.125. The molecule has 0 aliphatic carbocycles. The summed E-state index contributed by atoms with van der Waals surface area (Å²) in [6, 6.07) is 17.8. The van der Waals surface area contributed by atoms with E-state index in [1.807, 2.05) is 54.6 Å². The van der Waals surface area contributed by atoms with Crippen LogP contribution in [0.5, 0.6) is 5.75 Å². The van der Waals surface area contributed by atoms with E-state index in [0.29, 0.717) is 5.75 Å². The van der Waals surface area contributed by atoms with E-state index in [1.165, 1.54) is 0 Å². The van der Waals surface area contributed by atoms with Crippen LogP contribution in [0, 0.1) is 0 Å². The highest BCUT2D eigenvalue weighted by molar-refractivity contribution is 5.84. The van der Waals surface area contributed by atoms with E-state index in [4.69, 9.17) is 4.74 Å². The minimum absolute atomic E-state index is 0.712. The SMILES string of the molecule is CC1(O)C=C(c2ccccc2)c2ccccc2O1. The van der Waals surface area contributed by atoms with Gasteiger partial charge in [-0.25, -0.2) is 0 Å². The van der Waals surface area contributed by atoms with Crippen molar-refractivity contribution in [3.05, 3.63) is 71.8 Å². The summed E-state index contributed by atoms with van der Waals surface area (Å²) < 4.78 is 5.55. The molecule has 2 heteroatoms. The lowest BCUT2D eigenvalue weighted by Crippen LogP contribution is -2.32.